The molecule has 5 atom stereocenters. The van der Waals surface area contributed by atoms with Crippen LogP contribution in [0, 0.1) is 17.3 Å². The van der Waals surface area contributed by atoms with E-state index in [0.717, 1.165) is 76.1 Å². The lowest BCUT2D eigenvalue weighted by Gasteiger charge is -2.48. The molecule has 3 nitrogen and oxygen atoms in total. The van der Waals surface area contributed by atoms with Gasteiger partial charge in [-0.05, 0) is 122 Å². The number of hydrogen-bond donors (Lipinski definition) is 1. The number of allylic oxidation sites excluding steroid dienone is 6. The highest BCUT2D eigenvalue weighted by molar-refractivity contribution is 5.73. The molecule has 188 valence electrons. The second-order valence-electron chi connectivity index (χ2n) is 11.6. The zero-order valence-electron chi connectivity index (χ0n) is 22.5. The van der Waals surface area contributed by atoms with Crippen molar-refractivity contribution in [1.82, 2.24) is 0 Å². The Morgan fingerprint density at radius 2 is 1.79 bits per heavy atom. The van der Waals surface area contributed by atoms with Crippen molar-refractivity contribution >= 4 is 6.29 Å². The molecule has 3 heteroatoms. The van der Waals surface area contributed by atoms with E-state index in [9.17, 15) is 9.90 Å². The molecule has 0 spiro atoms. The number of epoxide rings is 1. The van der Waals surface area contributed by atoms with Gasteiger partial charge in [0.15, 0.2) is 0 Å². The largest absolute Gasteiger partial charge is 0.396 e. The molecule has 1 saturated carbocycles. The van der Waals surface area contributed by atoms with Gasteiger partial charge in [0.2, 0.25) is 0 Å². The molecule has 0 radical (unpaired) electrons. The highest BCUT2D eigenvalue weighted by Crippen LogP contribution is 2.53. The Balaban J connectivity index is 1.93. The average molecular weight is 459 g/mol. The first-order valence-corrected chi connectivity index (χ1v) is 13.3. The number of aliphatic hydroxyl groups is 1. The van der Waals surface area contributed by atoms with E-state index >= 15 is 0 Å². The molecule has 2 aliphatic rings. The van der Waals surface area contributed by atoms with Crippen molar-refractivity contribution in [2.75, 3.05) is 6.61 Å². The van der Waals surface area contributed by atoms with Gasteiger partial charge in [0, 0.05) is 6.61 Å². The lowest BCUT2D eigenvalue weighted by Crippen LogP contribution is -2.39. The van der Waals surface area contributed by atoms with Crippen molar-refractivity contribution in [2.24, 2.45) is 17.3 Å². The van der Waals surface area contributed by atoms with Gasteiger partial charge in [0.05, 0.1) is 11.7 Å². The fourth-order valence-corrected chi connectivity index (χ4v) is 6.00. The zero-order chi connectivity index (χ0) is 24.6. The summed E-state index contributed by atoms with van der Waals surface area (Å²) in [4.78, 5) is 11.6. The first-order chi connectivity index (χ1) is 15.6. The fourth-order valence-electron chi connectivity index (χ4n) is 6.00. The number of aldehydes is 1. The second-order valence-corrected chi connectivity index (χ2v) is 11.6. The average Bonchev–Trinajstić information content (AvgIpc) is 3.42. The minimum atomic E-state index is 0.0797. The molecule has 2 rings (SSSR count). The molecule has 1 aliphatic heterocycles. The smallest absolute Gasteiger partial charge is 0.145 e. The molecule has 1 N–H and O–H groups in total. The molecule has 0 aromatic heterocycles. The maximum absolute atomic E-state index is 11.6. The second kappa shape index (κ2) is 12.5. The number of ether oxygens (including phenoxy) is 1. The number of carbonyl (C=O) groups is 1. The van der Waals surface area contributed by atoms with Crippen LogP contribution in [0.15, 0.2) is 34.4 Å². The number of carbonyl (C=O) groups excluding carboxylic acids is 1. The van der Waals surface area contributed by atoms with Crippen LogP contribution in [0.5, 0.6) is 0 Å². The van der Waals surface area contributed by atoms with E-state index in [4.69, 9.17) is 4.74 Å². The summed E-state index contributed by atoms with van der Waals surface area (Å²) in [6.07, 6.45) is 16.8. The van der Waals surface area contributed by atoms with Gasteiger partial charge in [-0.2, -0.15) is 0 Å². The molecule has 0 unspecified atom stereocenters. The van der Waals surface area contributed by atoms with Crippen LogP contribution < -0.4 is 0 Å². The summed E-state index contributed by atoms with van der Waals surface area (Å²) in [6.45, 7) is 15.9. The van der Waals surface area contributed by atoms with Crippen LogP contribution in [-0.2, 0) is 9.53 Å². The highest BCUT2D eigenvalue weighted by Gasteiger charge is 2.50. The van der Waals surface area contributed by atoms with Gasteiger partial charge in [-0.25, -0.2) is 0 Å². The van der Waals surface area contributed by atoms with Crippen LogP contribution in [0.25, 0.3) is 0 Å². The minimum absolute atomic E-state index is 0.0797. The maximum Gasteiger partial charge on any atom is 0.145 e. The number of aliphatic hydroxyl groups excluding tert-OH is 1. The van der Waals surface area contributed by atoms with Crippen molar-refractivity contribution in [3.63, 3.8) is 0 Å². The van der Waals surface area contributed by atoms with Crippen molar-refractivity contribution in [1.29, 1.82) is 0 Å². The van der Waals surface area contributed by atoms with E-state index in [0.29, 0.717) is 17.9 Å². The van der Waals surface area contributed by atoms with E-state index in [-0.39, 0.29) is 17.6 Å². The van der Waals surface area contributed by atoms with Crippen LogP contribution >= 0.6 is 0 Å². The summed E-state index contributed by atoms with van der Waals surface area (Å²) in [6, 6.07) is 0. The molecule has 0 aromatic rings. The number of rotatable bonds is 13. The zero-order valence-corrected chi connectivity index (χ0v) is 22.5. The SMILES string of the molecule is CC(C)=CCC[C@@]1(C)O[C@H]1CC/C(C)=C/CC[C@]1(C)[C@H](C)CC/C(=C(\C)C=O)[C@H]1CCCO. The summed E-state index contributed by atoms with van der Waals surface area (Å²) in [5.74, 6) is 1.02. The Labute approximate surface area is 203 Å². The van der Waals surface area contributed by atoms with Crippen LogP contribution in [-0.4, -0.2) is 29.7 Å². The van der Waals surface area contributed by atoms with Crippen molar-refractivity contribution in [3.8, 4) is 0 Å². The minimum Gasteiger partial charge on any atom is -0.396 e. The van der Waals surface area contributed by atoms with Gasteiger partial charge < -0.3 is 9.84 Å². The monoisotopic (exact) mass is 458 g/mol. The van der Waals surface area contributed by atoms with E-state index in [1.165, 1.54) is 16.7 Å². The molecule has 1 heterocycles. The molecular formula is C30H50O3. The quantitative estimate of drug-likeness (QED) is 0.133. The van der Waals surface area contributed by atoms with Crippen LogP contribution in [0.4, 0.5) is 0 Å². The lowest BCUT2D eigenvalue weighted by molar-refractivity contribution is -0.105. The molecule has 2 fully saturated rings. The molecule has 0 aromatic carbocycles. The Morgan fingerprint density at radius 1 is 1.09 bits per heavy atom. The summed E-state index contributed by atoms with van der Waals surface area (Å²) >= 11 is 0. The van der Waals surface area contributed by atoms with Gasteiger partial charge in [0.25, 0.3) is 0 Å². The Hall–Kier alpha value is -1.19. The van der Waals surface area contributed by atoms with Crippen molar-refractivity contribution < 1.29 is 14.6 Å². The van der Waals surface area contributed by atoms with Gasteiger partial charge in [-0.3, -0.25) is 4.79 Å². The highest BCUT2D eigenvalue weighted by atomic mass is 16.6. The van der Waals surface area contributed by atoms with Gasteiger partial charge in [0.1, 0.15) is 6.29 Å². The molecule has 1 saturated heterocycles. The van der Waals surface area contributed by atoms with Crippen LogP contribution in [0.1, 0.15) is 113 Å². The van der Waals surface area contributed by atoms with Crippen LogP contribution in [0.2, 0.25) is 0 Å². The molecule has 33 heavy (non-hydrogen) atoms. The van der Waals surface area contributed by atoms with E-state index in [2.05, 4.69) is 53.7 Å². The van der Waals surface area contributed by atoms with E-state index in [1.54, 1.807) is 0 Å². The Bertz CT molecular complexity index is 742. The molecule has 0 amide bonds. The van der Waals surface area contributed by atoms with Crippen molar-refractivity contribution in [3.05, 3.63) is 34.4 Å². The summed E-state index contributed by atoms with van der Waals surface area (Å²) in [5.41, 5.74) is 5.37. The third-order valence-corrected chi connectivity index (χ3v) is 8.73. The first kappa shape index (κ1) is 28.1. The first-order valence-electron chi connectivity index (χ1n) is 13.3. The van der Waals surface area contributed by atoms with E-state index < -0.39 is 0 Å². The summed E-state index contributed by atoms with van der Waals surface area (Å²) in [5, 5.41) is 9.47. The standard InChI is InChI=1S/C30H50O3/c1-22(2)11-8-19-30(7)28(33-30)17-14-23(3)12-9-18-29(6)25(5)15-16-26(24(4)21-32)27(29)13-10-20-31/h11-12,21,25,27-28,31H,8-10,13-20H2,1-7H3/b23-12+,26-24-/t25-,27-,28+,29-,30-/m1/s1. The fraction of sp³-hybridized carbons (Fsp3) is 0.767. The van der Waals surface area contributed by atoms with Crippen LogP contribution in [0.3, 0.4) is 0 Å². The van der Waals surface area contributed by atoms with E-state index in [1.807, 2.05) is 6.92 Å². The third-order valence-electron chi connectivity index (χ3n) is 8.73. The number of hydrogen-bond acceptors (Lipinski definition) is 3. The van der Waals surface area contributed by atoms with Gasteiger partial charge >= 0.3 is 0 Å². The third kappa shape index (κ3) is 7.65. The Morgan fingerprint density at radius 3 is 2.42 bits per heavy atom. The molecule has 0 bridgehead atoms. The topological polar surface area (TPSA) is 49.8 Å². The molecule has 1 aliphatic carbocycles. The normalized spacial score (nSPS) is 33.6. The predicted octanol–water partition coefficient (Wildman–Crippen LogP) is 7.74. The maximum atomic E-state index is 11.6. The lowest BCUT2D eigenvalue weighted by atomic mass is 9.56. The Kier molecular flexibility index (Phi) is 10.6. The van der Waals surface area contributed by atoms with Gasteiger partial charge in [-0.1, -0.05) is 42.7 Å². The summed E-state index contributed by atoms with van der Waals surface area (Å²) in [7, 11) is 0. The van der Waals surface area contributed by atoms with Crippen molar-refractivity contribution in [2.45, 2.75) is 124 Å². The predicted molar refractivity (Wildman–Crippen MR) is 139 cm³/mol. The van der Waals surface area contributed by atoms with Gasteiger partial charge in [-0.15, -0.1) is 0 Å². The summed E-state index contributed by atoms with van der Waals surface area (Å²) < 4.78 is 6.05. The molecular weight excluding hydrogens is 408 g/mol.